The predicted molar refractivity (Wildman–Crippen MR) is 141 cm³/mol. The lowest BCUT2D eigenvalue weighted by Gasteiger charge is -2.34. The summed E-state index contributed by atoms with van der Waals surface area (Å²) in [6.07, 6.45) is 7.39. The van der Waals surface area contributed by atoms with Gasteiger partial charge in [-0.25, -0.2) is 0 Å². The molecule has 190 valence electrons. The Morgan fingerprint density at radius 1 is 1.17 bits per heavy atom. The highest BCUT2D eigenvalue weighted by Crippen LogP contribution is 2.35. The highest BCUT2D eigenvalue weighted by atomic mass is 79.9. The van der Waals surface area contributed by atoms with Crippen molar-refractivity contribution in [3.8, 4) is 0 Å². The number of piperidine rings is 1. The summed E-state index contributed by atoms with van der Waals surface area (Å²) in [5.74, 6) is -0.410. The second kappa shape index (κ2) is 11.1. The number of likely N-dealkylation sites (tertiary alicyclic amines) is 1. The Balaban J connectivity index is 1.59. The Bertz CT molecular complexity index is 1220. The van der Waals surface area contributed by atoms with Gasteiger partial charge in [0.15, 0.2) is 0 Å². The number of nitrogens with zero attached hydrogens (tertiary/aromatic N) is 4. The first-order valence-corrected chi connectivity index (χ1v) is 12.7. The van der Waals surface area contributed by atoms with Crippen LogP contribution in [0.25, 0.3) is 0 Å². The van der Waals surface area contributed by atoms with Crippen molar-refractivity contribution in [1.82, 2.24) is 14.8 Å². The number of anilines is 2. The summed E-state index contributed by atoms with van der Waals surface area (Å²) in [6.45, 7) is 3.99. The van der Waals surface area contributed by atoms with Gasteiger partial charge >= 0.3 is 0 Å². The number of benzene rings is 1. The van der Waals surface area contributed by atoms with E-state index >= 15 is 0 Å². The molecular formula is C25H29BrN6O4. The number of rotatable bonds is 6. The number of hydrogen-bond donors (Lipinski definition) is 2. The zero-order valence-electron chi connectivity index (χ0n) is 20.3. The number of halogens is 1. The number of hydrogen-bond acceptors (Lipinski definition) is 7. The second-order valence-electron chi connectivity index (χ2n) is 9.10. The Labute approximate surface area is 218 Å². The van der Waals surface area contributed by atoms with E-state index in [1.165, 1.54) is 17.8 Å². The van der Waals surface area contributed by atoms with E-state index in [2.05, 4.69) is 31.5 Å². The van der Waals surface area contributed by atoms with E-state index in [1.54, 1.807) is 35.2 Å². The summed E-state index contributed by atoms with van der Waals surface area (Å²) >= 11 is 3.33. The lowest BCUT2D eigenvalue weighted by Crippen LogP contribution is -2.45. The molecule has 10 nitrogen and oxygen atoms in total. The minimum Gasteiger partial charge on any atom is -0.387 e. The third-order valence-corrected chi connectivity index (χ3v) is 7.02. The van der Waals surface area contributed by atoms with Gasteiger partial charge in [-0.3, -0.25) is 24.7 Å². The average Bonchev–Trinajstić information content (AvgIpc) is 2.89. The monoisotopic (exact) mass is 556 g/mol. The van der Waals surface area contributed by atoms with E-state index in [-0.39, 0.29) is 34.8 Å². The van der Waals surface area contributed by atoms with Crippen LogP contribution in [0.2, 0.25) is 0 Å². The van der Waals surface area contributed by atoms with Crippen molar-refractivity contribution in [2.75, 3.05) is 43.9 Å². The molecule has 0 saturated carbocycles. The van der Waals surface area contributed by atoms with E-state index in [4.69, 9.17) is 0 Å². The molecule has 1 aromatic carbocycles. The van der Waals surface area contributed by atoms with Crippen LogP contribution in [0.1, 0.15) is 46.9 Å². The lowest BCUT2D eigenvalue weighted by atomic mass is 10.0. The molecule has 11 heteroatoms. The molecule has 3 heterocycles. The first kappa shape index (κ1) is 25.6. The predicted octanol–water partition coefficient (Wildman–Crippen LogP) is 4.30. The number of aromatic nitrogens is 1. The van der Waals surface area contributed by atoms with Crippen LogP contribution >= 0.6 is 15.9 Å². The van der Waals surface area contributed by atoms with Gasteiger partial charge < -0.3 is 20.4 Å². The topological polar surface area (TPSA) is 121 Å². The van der Waals surface area contributed by atoms with Crippen molar-refractivity contribution >= 4 is 44.8 Å². The zero-order valence-corrected chi connectivity index (χ0v) is 21.9. The van der Waals surface area contributed by atoms with Crippen molar-refractivity contribution in [2.45, 2.75) is 32.2 Å². The SMILES string of the molecule is CNc1cncc(C(=O)N2CCC[C@@H](Nc3c(C(=O)N4CC=C(C)CC4)cc(Br)cc3[N+](=O)[O-])C2)c1. The van der Waals surface area contributed by atoms with Gasteiger partial charge in [0.1, 0.15) is 5.69 Å². The Morgan fingerprint density at radius 2 is 1.97 bits per heavy atom. The van der Waals surface area contributed by atoms with Gasteiger partial charge in [-0.2, -0.15) is 0 Å². The summed E-state index contributed by atoms with van der Waals surface area (Å²) in [5, 5.41) is 18.2. The summed E-state index contributed by atoms with van der Waals surface area (Å²) in [6, 6.07) is 4.53. The standard InChI is InChI=1S/C25H29BrN6O4/c1-16-5-8-30(9-6-16)25(34)21-11-18(26)12-22(32(35)36)23(21)29-19-4-3-7-31(15-19)24(33)17-10-20(27-2)14-28-13-17/h5,10-14,19,27,29H,3-4,6-9,15H2,1-2H3/t19-/m1/s1. The van der Waals surface area contributed by atoms with Gasteiger partial charge in [-0.15, -0.1) is 0 Å². The van der Waals surface area contributed by atoms with Crippen LogP contribution in [0.3, 0.4) is 0 Å². The third kappa shape index (κ3) is 5.67. The molecule has 2 aromatic rings. The van der Waals surface area contributed by atoms with Crippen molar-refractivity contribution in [2.24, 2.45) is 0 Å². The van der Waals surface area contributed by atoms with Crippen molar-refractivity contribution in [3.63, 3.8) is 0 Å². The molecule has 4 rings (SSSR count). The molecule has 1 atom stereocenters. The maximum absolute atomic E-state index is 13.4. The van der Waals surface area contributed by atoms with Crippen LogP contribution in [0.15, 0.2) is 46.7 Å². The van der Waals surface area contributed by atoms with Gasteiger partial charge in [0.2, 0.25) is 0 Å². The quantitative estimate of drug-likeness (QED) is 0.309. The molecule has 0 unspecified atom stereocenters. The van der Waals surface area contributed by atoms with E-state index < -0.39 is 4.92 Å². The molecule has 0 bridgehead atoms. The normalized spacial score (nSPS) is 17.9. The maximum Gasteiger partial charge on any atom is 0.294 e. The summed E-state index contributed by atoms with van der Waals surface area (Å²) in [5.41, 5.74) is 2.70. The Morgan fingerprint density at radius 3 is 2.67 bits per heavy atom. The zero-order chi connectivity index (χ0) is 25.8. The fraction of sp³-hybridized carbons (Fsp3) is 0.400. The number of nitro groups is 1. The third-order valence-electron chi connectivity index (χ3n) is 6.56. The molecular weight excluding hydrogens is 528 g/mol. The highest BCUT2D eigenvalue weighted by molar-refractivity contribution is 9.10. The summed E-state index contributed by atoms with van der Waals surface area (Å²) in [4.78, 5) is 45.6. The molecule has 0 aliphatic carbocycles. The van der Waals surface area contributed by atoms with Crippen LogP contribution < -0.4 is 10.6 Å². The maximum atomic E-state index is 13.4. The van der Waals surface area contributed by atoms with Crippen LogP contribution in [-0.2, 0) is 0 Å². The van der Waals surface area contributed by atoms with Crippen LogP contribution in [0.5, 0.6) is 0 Å². The summed E-state index contributed by atoms with van der Waals surface area (Å²) < 4.78 is 0.462. The molecule has 2 aliphatic heterocycles. The van der Waals surface area contributed by atoms with Crippen molar-refractivity contribution in [3.05, 3.63) is 68.0 Å². The molecule has 1 aromatic heterocycles. The molecule has 2 N–H and O–H groups in total. The van der Waals surface area contributed by atoms with Crippen molar-refractivity contribution < 1.29 is 14.5 Å². The van der Waals surface area contributed by atoms with Gasteiger partial charge in [-0.05, 0) is 38.3 Å². The smallest absolute Gasteiger partial charge is 0.294 e. The van der Waals surface area contributed by atoms with E-state index in [1.807, 2.05) is 13.0 Å². The van der Waals surface area contributed by atoms with Gasteiger partial charge in [0.05, 0.1) is 21.7 Å². The van der Waals surface area contributed by atoms with E-state index in [9.17, 15) is 19.7 Å². The fourth-order valence-corrected chi connectivity index (χ4v) is 4.99. The number of pyridine rings is 1. The first-order chi connectivity index (χ1) is 17.3. The molecule has 2 amide bonds. The highest BCUT2D eigenvalue weighted by Gasteiger charge is 2.31. The number of nitro benzene ring substituents is 1. The minimum absolute atomic E-state index is 0.150. The Kier molecular flexibility index (Phi) is 7.88. The molecule has 36 heavy (non-hydrogen) atoms. The lowest BCUT2D eigenvalue weighted by molar-refractivity contribution is -0.384. The average molecular weight is 557 g/mol. The van der Waals surface area contributed by atoms with E-state index in [0.29, 0.717) is 42.6 Å². The molecule has 1 saturated heterocycles. The van der Waals surface area contributed by atoms with Crippen LogP contribution in [0, 0.1) is 10.1 Å². The van der Waals surface area contributed by atoms with Gasteiger partial charge in [-0.1, -0.05) is 27.6 Å². The van der Waals surface area contributed by atoms with Gasteiger partial charge in [0.25, 0.3) is 17.5 Å². The number of nitrogens with one attached hydrogen (secondary N) is 2. The van der Waals surface area contributed by atoms with Crippen molar-refractivity contribution in [1.29, 1.82) is 0 Å². The summed E-state index contributed by atoms with van der Waals surface area (Å²) in [7, 11) is 1.76. The fourth-order valence-electron chi connectivity index (χ4n) is 4.54. The second-order valence-corrected chi connectivity index (χ2v) is 10.0. The Hall–Kier alpha value is -3.47. The molecule has 0 radical (unpaired) electrons. The number of carbonyl (C=O) groups excluding carboxylic acids is 2. The van der Waals surface area contributed by atoms with Gasteiger partial charge in [0, 0.05) is 62.2 Å². The minimum atomic E-state index is -0.481. The van der Waals surface area contributed by atoms with Crippen LogP contribution in [-0.4, -0.2) is 70.8 Å². The molecule has 2 aliphatic rings. The van der Waals surface area contributed by atoms with Crippen LogP contribution in [0.4, 0.5) is 17.1 Å². The number of amides is 2. The number of carbonyl (C=O) groups is 2. The molecule has 0 spiro atoms. The first-order valence-electron chi connectivity index (χ1n) is 11.9. The van der Waals surface area contributed by atoms with E-state index in [0.717, 1.165) is 18.5 Å². The molecule has 1 fully saturated rings. The largest absolute Gasteiger partial charge is 0.387 e.